The molecule has 0 unspecified atom stereocenters. The number of hydrogen-bond donors (Lipinski definition) is 1. The summed E-state index contributed by atoms with van der Waals surface area (Å²) in [6.45, 7) is 3.84. The molecule has 0 saturated carbocycles. The lowest BCUT2D eigenvalue weighted by Gasteiger charge is -2.33. The number of sulfonamides is 1. The van der Waals surface area contributed by atoms with Crippen LogP contribution in [-0.4, -0.2) is 44.3 Å². The Morgan fingerprint density at radius 2 is 1.50 bits per heavy atom. The van der Waals surface area contributed by atoms with Crippen molar-refractivity contribution in [2.75, 3.05) is 17.4 Å². The second-order valence-electron chi connectivity index (χ2n) is 9.16. The van der Waals surface area contributed by atoms with Gasteiger partial charge in [0.25, 0.3) is 10.0 Å². The molecule has 1 atom stereocenters. The summed E-state index contributed by atoms with van der Waals surface area (Å²) >= 11 is 18.2. The Balaban J connectivity index is 2.03. The Morgan fingerprint density at radius 1 is 0.875 bits per heavy atom. The quantitative estimate of drug-likeness (QED) is 0.218. The monoisotopic (exact) mass is 623 g/mol. The van der Waals surface area contributed by atoms with Crippen LogP contribution in [0.15, 0.2) is 77.7 Å². The Labute approximate surface area is 251 Å². The van der Waals surface area contributed by atoms with Gasteiger partial charge in [-0.2, -0.15) is 0 Å². The van der Waals surface area contributed by atoms with Gasteiger partial charge in [-0.15, -0.1) is 0 Å². The summed E-state index contributed by atoms with van der Waals surface area (Å²) < 4.78 is 28.7. The lowest BCUT2D eigenvalue weighted by molar-refractivity contribution is -0.140. The molecule has 2 amide bonds. The Kier molecular flexibility index (Phi) is 11.7. The van der Waals surface area contributed by atoms with Crippen LogP contribution in [0.25, 0.3) is 0 Å². The number of nitrogens with zero attached hydrogens (tertiary/aromatic N) is 2. The summed E-state index contributed by atoms with van der Waals surface area (Å²) in [5.41, 5.74) is 0.954. The number of rotatable bonds is 13. The zero-order valence-corrected chi connectivity index (χ0v) is 25.4. The van der Waals surface area contributed by atoms with Crippen LogP contribution < -0.4 is 9.62 Å². The topological polar surface area (TPSA) is 86.8 Å². The molecule has 3 aromatic rings. The minimum Gasteiger partial charge on any atom is -0.354 e. The molecule has 11 heteroatoms. The molecule has 0 heterocycles. The molecule has 0 fully saturated rings. The van der Waals surface area contributed by atoms with Crippen LogP contribution in [0.2, 0.25) is 15.1 Å². The Morgan fingerprint density at radius 3 is 2.08 bits per heavy atom. The molecule has 1 N–H and O–H groups in total. The van der Waals surface area contributed by atoms with Crippen LogP contribution in [0, 0.1) is 0 Å². The van der Waals surface area contributed by atoms with Crippen molar-refractivity contribution >= 4 is 62.3 Å². The van der Waals surface area contributed by atoms with E-state index in [4.69, 9.17) is 34.8 Å². The minimum atomic E-state index is -4.21. The molecule has 0 aliphatic rings. The maximum Gasteiger partial charge on any atom is 0.264 e. The summed E-state index contributed by atoms with van der Waals surface area (Å²) in [4.78, 5) is 28.6. The lowest BCUT2D eigenvalue weighted by Crippen LogP contribution is -2.52. The van der Waals surface area contributed by atoms with Gasteiger partial charge in [-0.3, -0.25) is 13.9 Å². The second-order valence-corrected chi connectivity index (χ2v) is 12.3. The Bertz CT molecular complexity index is 1400. The summed E-state index contributed by atoms with van der Waals surface area (Å²) in [5, 5.41) is 4.12. The van der Waals surface area contributed by atoms with Crippen LogP contribution in [0.4, 0.5) is 5.69 Å². The fraction of sp³-hybridized carbons (Fsp3) is 0.310. The third-order valence-electron chi connectivity index (χ3n) is 6.26. The first kappa shape index (κ1) is 31.7. The number of carbonyl (C=O) groups excluding carboxylic acids is 2. The van der Waals surface area contributed by atoms with E-state index in [0.717, 1.165) is 22.7 Å². The normalized spacial score (nSPS) is 12.0. The van der Waals surface area contributed by atoms with E-state index in [1.165, 1.54) is 35.2 Å². The van der Waals surface area contributed by atoms with E-state index in [0.29, 0.717) is 28.0 Å². The highest BCUT2D eigenvalue weighted by molar-refractivity contribution is 7.92. The van der Waals surface area contributed by atoms with Gasteiger partial charge in [0.05, 0.1) is 10.6 Å². The molecule has 3 rings (SSSR count). The van der Waals surface area contributed by atoms with E-state index in [1.54, 1.807) is 42.5 Å². The van der Waals surface area contributed by atoms with Gasteiger partial charge in [-0.1, -0.05) is 73.3 Å². The molecule has 0 aliphatic carbocycles. The highest BCUT2D eigenvalue weighted by atomic mass is 35.5. The summed E-state index contributed by atoms with van der Waals surface area (Å²) in [6.07, 6.45) is 2.04. The van der Waals surface area contributed by atoms with Crippen LogP contribution in [0.3, 0.4) is 0 Å². The van der Waals surface area contributed by atoms with Gasteiger partial charge in [0.15, 0.2) is 0 Å². The number of hydrogen-bond acceptors (Lipinski definition) is 4. The predicted molar refractivity (Wildman–Crippen MR) is 161 cm³/mol. The molecule has 0 aromatic heterocycles. The molecule has 0 spiro atoms. The highest BCUT2D eigenvalue weighted by Gasteiger charge is 2.33. The smallest absolute Gasteiger partial charge is 0.264 e. The van der Waals surface area contributed by atoms with E-state index in [2.05, 4.69) is 5.32 Å². The largest absolute Gasteiger partial charge is 0.354 e. The fourth-order valence-electron chi connectivity index (χ4n) is 4.11. The fourth-order valence-corrected chi connectivity index (χ4v) is 5.95. The molecule has 40 heavy (non-hydrogen) atoms. The van der Waals surface area contributed by atoms with E-state index in [-0.39, 0.29) is 23.0 Å². The van der Waals surface area contributed by atoms with E-state index < -0.39 is 28.5 Å². The third kappa shape index (κ3) is 8.36. The van der Waals surface area contributed by atoms with E-state index >= 15 is 0 Å². The number of unbranched alkanes of at least 4 members (excludes halogenated alkanes) is 1. The average molecular weight is 625 g/mol. The van der Waals surface area contributed by atoms with E-state index in [1.807, 2.05) is 13.8 Å². The van der Waals surface area contributed by atoms with Gasteiger partial charge in [0, 0.05) is 28.2 Å². The summed E-state index contributed by atoms with van der Waals surface area (Å²) in [6, 6.07) is 18.0. The molecule has 214 valence electrons. The van der Waals surface area contributed by atoms with Crippen LogP contribution in [-0.2, 0) is 26.2 Å². The first-order valence-electron chi connectivity index (χ1n) is 12.9. The average Bonchev–Trinajstić information content (AvgIpc) is 2.93. The molecular weight excluding hydrogens is 593 g/mol. The number of benzene rings is 3. The summed E-state index contributed by atoms with van der Waals surface area (Å²) in [7, 11) is -4.21. The maximum absolute atomic E-state index is 14.0. The predicted octanol–water partition coefficient (Wildman–Crippen LogP) is 6.57. The molecule has 0 bridgehead atoms. The Hall–Kier alpha value is -2.78. The molecule has 0 saturated heterocycles. The van der Waals surface area contributed by atoms with Crippen molar-refractivity contribution in [3.63, 3.8) is 0 Å². The van der Waals surface area contributed by atoms with Crippen molar-refractivity contribution in [3.05, 3.63) is 93.4 Å². The van der Waals surface area contributed by atoms with Crippen molar-refractivity contribution in [3.8, 4) is 0 Å². The van der Waals surface area contributed by atoms with Gasteiger partial charge in [0.2, 0.25) is 11.8 Å². The molecule has 0 radical (unpaired) electrons. The zero-order valence-electron chi connectivity index (χ0n) is 22.3. The van der Waals surface area contributed by atoms with Crippen molar-refractivity contribution < 1.29 is 18.0 Å². The zero-order chi connectivity index (χ0) is 29.3. The van der Waals surface area contributed by atoms with Gasteiger partial charge in [-0.05, 0) is 73.0 Å². The molecule has 3 aromatic carbocycles. The third-order valence-corrected chi connectivity index (χ3v) is 8.79. The van der Waals surface area contributed by atoms with Crippen molar-refractivity contribution in [1.82, 2.24) is 10.2 Å². The van der Waals surface area contributed by atoms with E-state index in [9.17, 15) is 18.0 Å². The number of carbonyl (C=O) groups is 2. The maximum atomic E-state index is 14.0. The van der Waals surface area contributed by atoms with Crippen molar-refractivity contribution in [1.29, 1.82) is 0 Å². The van der Waals surface area contributed by atoms with Gasteiger partial charge in [0.1, 0.15) is 12.6 Å². The highest BCUT2D eigenvalue weighted by Crippen LogP contribution is 2.28. The SMILES string of the molecule is CCCCNC(=O)[C@@H](CC)N(Cc1ccc(Cl)cc1)C(=O)CN(c1cccc(Cl)c1)S(=O)(=O)c1ccc(Cl)cc1. The van der Waals surface area contributed by atoms with Crippen LogP contribution >= 0.6 is 34.8 Å². The van der Waals surface area contributed by atoms with Crippen LogP contribution in [0.1, 0.15) is 38.7 Å². The molecular formula is C29H32Cl3N3O4S. The van der Waals surface area contributed by atoms with Gasteiger partial charge in [-0.25, -0.2) is 8.42 Å². The summed E-state index contributed by atoms with van der Waals surface area (Å²) in [5.74, 6) is -0.849. The van der Waals surface area contributed by atoms with Crippen LogP contribution in [0.5, 0.6) is 0 Å². The van der Waals surface area contributed by atoms with Gasteiger partial charge < -0.3 is 10.2 Å². The first-order valence-corrected chi connectivity index (χ1v) is 15.5. The second kappa shape index (κ2) is 14.7. The number of halogens is 3. The van der Waals surface area contributed by atoms with Crippen molar-refractivity contribution in [2.24, 2.45) is 0 Å². The number of nitrogens with one attached hydrogen (secondary N) is 1. The molecule has 7 nitrogen and oxygen atoms in total. The standard InChI is InChI=1S/C29H32Cl3N3O4S/c1-3-5-17-33-29(37)27(4-2)34(19-21-9-11-22(30)12-10-21)28(36)20-35(25-8-6-7-24(32)18-25)40(38,39)26-15-13-23(31)14-16-26/h6-16,18,27H,3-5,17,19-20H2,1-2H3,(H,33,37)/t27-/m1/s1. The molecule has 0 aliphatic heterocycles. The lowest BCUT2D eigenvalue weighted by atomic mass is 10.1. The van der Waals surface area contributed by atoms with Gasteiger partial charge >= 0.3 is 0 Å². The van der Waals surface area contributed by atoms with Crippen molar-refractivity contribution in [2.45, 2.75) is 50.6 Å². The number of amides is 2. The first-order chi connectivity index (χ1) is 19.1. The number of anilines is 1. The minimum absolute atomic E-state index is 0.0433.